The zero-order valence-corrected chi connectivity index (χ0v) is 16.1. The van der Waals surface area contributed by atoms with Gasteiger partial charge in [-0.1, -0.05) is 25.1 Å². The van der Waals surface area contributed by atoms with Crippen molar-refractivity contribution in [2.75, 3.05) is 19.6 Å². The maximum atomic E-state index is 13.9. The first-order chi connectivity index (χ1) is 13.5. The lowest BCUT2D eigenvalue weighted by molar-refractivity contribution is -0.131. The van der Waals surface area contributed by atoms with Gasteiger partial charge in [0.25, 0.3) is 5.91 Å². The van der Waals surface area contributed by atoms with Crippen molar-refractivity contribution < 1.29 is 14.0 Å². The third kappa shape index (κ3) is 3.66. The number of likely N-dealkylation sites (tertiary alicyclic amines) is 1. The molecule has 0 spiro atoms. The number of nitrogens with one attached hydrogen (secondary N) is 1. The highest BCUT2D eigenvalue weighted by molar-refractivity contribution is 5.94. The molecule has 2 aliphatic rings. The Labute approximate surface area is 163 Å². The van der Waals surface area contributed by atoms with Gasteiger partial charge in [-0.05, 0) is 30.4 Å². The number of amides is 2. The Morgan fingerprint density at radius 3 is 2.68 bits per heavy atom. The zero-order valence-electron chi connectivity index (χ0n) is 16.1. The summed E-state index contributed by atoms with van der Waals surface area (Å²) in [5.41, 5.74) is 2.54. The van der Waals surface area contributed by atoms with Crippen molar-refractivity contribution in [3.05, 3.63) is 52.6 Å². The van der Waals surface area contributed by atoms with Crippen LogP contribution in [0, 0.1) is 11.7 Å². The second-order valence-corrected chi connectivity index (χ2v) is 7.84. The van der Waals surface area contributed by atoms with Crippen molar-refractivity contribution in [1.82, 2.24) is 20.0 Å². The van der Waals surface area contributed by atoms with E-state index in [1.54, 1.807) is 23.1 Å². The normalized spacial score (nSPS) is 17.5. The molecule has 1 saturated heterocycles. The van der Waals surface area contributed by atoms with E-state index in [1.165, 1.54) is 6.07 Å². The van der Waals surface area contributed by atoms with E-state index in [0.29, 0.717) is 36.7 Å². The summed E-state index contributed by atoms with van der Waals surface area (Å²) in [5.74, 6) is 0.0747. The monoisotopic (exact) mass is 384 g/mol. The van der Waals surface area contributed by atoms with Gasteiger partial charge in [0.15, 0.2) is 5.69 Å². The molecule has 0 bridgehead atoms. The molecule has 1 aromatic heterocycles. The average Bonchev–Trinajstić information content (AvgIpc) is 3.13. The summed E-state index contributed by atoms with van der Waals surface area (Å²) < 4.78 is 13.9. The van der Waals surface area contributed by atoms with Crippen LogP contribution < -0.4 is 0 Å². The van der Waals surface area contributed by atoms with Gasteiger partial charge >= 0.3 is 0 Å². The maximum absolute atomic E-state index is 13.9. The van der Waals surface area contributed by atoms with Gasteiger partial charge in [0.05, 0.1) is 6.42 Å². The van der Waals surface area contributed by atoms with Crippen molar-refractivity contribution in [2.45, 2.75) is 39.2 Å². The van der Waals surface area contributed by atoms with Crippen molar-refractivity contribution in [3.63, 3.8) is 0 Å². The number of H-pyrrole nitrogens is 1. The van der Waals surface area contributed by atoms with E-state index in [2.05, 4.69) is 17.1 Å². The van der Waals surface area contributed by atoms with Crippen molar-refractivity contribution in [1.29, 1.82) is 0 Å². The van der Waals surface area contributed by atoms with Gasteiger partial charge in [-0.25, -0.2) is 4.39 Å². The van der Waals surface area contributed by atoms with Crippen molar-refractivity contribution >= 4 is 11.8 Å². The number of aromatic nitrogens is 2. The molecular weight excluding hydrogens is 359 g/mol. The van der Waals surface area contributed by atoms with E-state index in [1.807, 2.05) is 4.90 Å². The van der Waals surface area contributed by atoms with Gasteiger partial charge in [0, 0.05) is 43.9 Å². The number of carbonyl (C=O) groups is 2. The Bertz CT molecular complexity index is 886. The van der Waals surface area contributed by atoms with E-state index in [0.717, 1.165) is 37.2 Å². The standard InChI is InChI=1S/C21H25FN4O2/c1-14-6-9-25(10-7-14)21(28)20-16-13-26(11-8-18(16)23-24-20)19(27)12-15-4-2-3-5-17(15)22/h2-5,14H,6-13H2,1H3,(H,23,24). The van der Waals surface area contributed by atoms with Crippen LogP contribution in [0.5, 0.6) is 0 Å². The van der Waals surface area contributed by atoms with Crippen LogP contribution in [0.2, 0.25) is 0 Å². The largest absolute Gasteiger partial charge is 0.338 e. The van der Waals surface area contributed by atoms with E-state index < -0.39 is 0 Å². The molecule has 0 saturated carbocycles. The Morgan fingerprint density at radius 2 is 1.93 bits per heavy atom. The van der Waals surface area contributed by atoms with Crippen molar-refractivity contribution in [3.8, 4) is 0 Å². The van der Waals surface area contributed by atoms with Gasteiger partial charge in [-0.3, -0.25) is 14.7 Å². The summed E-state index contributed by atoms with van der Waals surface area (Å²) in [6.45, 7) is 4.58. The molecule has 2 aromatic rings. The zero-order chi connectivity index (χ0) is 19.7. The topological polar surface area (TPSA) is 69.3 Å². The number of aromatic amines is 1. The number of nitrogens with zero attached hydrogens (tertiary/aromatic N) is 3. The average molecular weight is 384 g/mol. The highest BCUT2D eigenvalue weighted by atomic mass is 19.1. The van der Waals surface area contributed by atoms with Gasteiger partial charge in [0.2, 0.25) is 5.91 Å². The summed E-state index contributed by atoms with van der Waals surface area (Å²) in [4.78, 5) is 29.2. The Balaban J connectivity index is 1.47. The lowest BCUT2D eigenvalue weighted by Crippen LogP contribution is -2.40. The fourth-order valence-corrected chi connectivity index (χ4v) is 3.96. The van der Waals surface area contributed by atoms with Gasteiger partial charge in [-0.15, -0.1) is 0 Å². The molecule has 2 aliphatic heterocycles. The number of rotatable bonds is 3. The van der Waals surface area contributed by atoms with Crippen LogP contribution in [0.1, 0.15) is 47.1 Å². The third-order valence-corrected chi connectivity index (χ3v) is 5.86. The first-order valence-electron chi connectivity index (χ1n) is 9.89. The third-order valence-electron chi connectivity index (χ3n) is 5.86. The Morgan fingerprint density at radius 1 is 1.18 bits per heavy atom. The molecule has 3 heterocycles. The summed E-state index contributed by atoms with van der Waals surface area (Å²) in [7, 11) is 0. The summed E-state index contributed by atoms with van der Waals surface area (Å²) in [5, 5.41) is 7.25. The molecular formula is C21H25FN4O2. The van der Waals surface area contributed by atoms with Crippen LogP contribution in [0.25, 0.3) is 0 Å². The van der Waals surface area contributed by atoms with Gasteiger partial charge in [0.1, 0.15) is 5.82 Å². The molecule has 4 rings (SSSR count). The second-order valence-electron chi connectivity index (χ2n) is 7.84. The van der Waals surface area contributed by atoms with Crippen LogP contribution in [-0.2, 0) is 24.2 Å². The van der Waals surface area contributed by atoms with E-state index in [4.69, 9.17) is 0 Å². The summed E-state index contributed by atoms with van der Waals surface area (Å²) in [6, 6.07) is 6.34. The number of piperidine rings is 1. The predicted molar refractivity (Wildman–Crippen MR) is 102 cm³/mol. The summed E-state index contributed by atoms with van der Waals surface area (Å²) in [6.07, 6.45) is 2.65. The highest BCUT2D eigenvalue weighted by Crippen LogP contribution is 2.24. The number of carbonyl (C=O) groups excluding carboxylic acids is 2. The molecule has 1 aromatic carbocycles. The smallest absolute Gasteiger partial charge is 0.274 e. The van der Waals surface area contributed by atoms with E-state index in [-0.39, 0.29) is 24.1 Å². The number of halogens is 1. The van der Waals surface area contributed by atoms with Crippen LogP contribution in [0.3, 0.4) is 0 Å². The lowest BCUT2D eigenvalue weighted by atomic mass is 9.98. The molecule has 7 heteroatoms. The lowest BCUT2D eigenvalue weighted by Gasteiger charge is -2.31. The predicted octanol–water partition coefficient (Wildman–Crippen LogP) is 2.55. The number of hydrogen-bond donors (Lipinski definition) is 1. The maximum Gasteiger partial charge on any atom is 0.274 e. The van der Waals surface area contributed by atoms with Gasteiger partial charge in [-0.2, -0.15) is 5.10 Å². The molecule has 0 unspecified atom stereocenters. The summed E-state index contributed by atoms with van der Waals surface area (Å²) >= 11 is 0. The van der Waals surface area contributed by atoms with Crippen LogP contribution in [0.4, 0.5) is 4.39 Å². The molecule has 0 atom stereocenters. The Hall–Kier alpha value is -2.70. The fourth-order valence-electron chi connectivity index (χ4n) is 3.96. The Kier molecular flexibility index (Phi) is 5.15. The van der Waals surface area contributed by atoms with E-state index >= 15 is 0 Å². The second kappa shape index (κ2) is 7.73. The molecule has 0 radical (unpaired) electrons. The SMILES string of the molecule is CC1CCN(C(=O)c2n[nH]c3c2CN(C(=O)Cc2ccccc2F)CC3)CC1. The molecule has 148 valence electrons. The van der Waals surface area contributed by atoms with Crippen LogP contribution in [-0.4, -0.2) is 51.4 Å². The molecule has 28 heavy (non-hydrogen) atoms. The number of fused-ring (bicyclic) bond motifs is 1. The van der Waals surface area contributed by atoms with Gasteiger partial charge < -0.3 is 9.80 Å². The molecule has 0 aliphatic carbocycles. The molecule has 6 nitrogen and oxygen atoms in total. The molecule has 1 N–H and O–H groups in total. The first kappa shape index (κ1) is 18.7. The van der Waals surface area contributed by atoms with E-state index in [9.17, 15) is 14.0 Å². The van der Waals surface area contributed by atoms with Crippen molar-refractivity contribution in [2.24, 2.45) is 5.92 Å². The quantitative estimate of drug-likeness (QED) is 0.884. The first-order valence-corrected chi connectivity index (χ1v) is 9.89. The fraction of sp³-hybridized carbons (Fsp3) is 0.476. The number of hydrogen-bond acceptors (Lipinski definition) is 3. The molecule has 1 fully saturated rings. The molecule has 2 amide bonds. The van der Waals surface area contributed by atoms with Crippen LogP contribution >= 0.6 is 0 Å². The number of benzene rings is 1. The van der Waals surface area contributed by atoms with Crippen LogP contribution in [0.15, 0.2) is 24.3 Å². The minimum Gasteiger partial charge on any atom is -0.338 e. The minimum atomic E-state index is -0.368. The highest BCUT2D eigenvalue weighted by Gasteiger charge is 2.31. The minimum absolute atomic E-state index is 0.0210.